The molecule has 0 radical (unpaired) electrons. The summed E-state index contributed by atoms with van der Waals surface area (Å²) in [6.07, 6.45) is 28.7. The summed E-state index contributed by atoms with van der Waals surface area (Å²) >= 11 is 0. The molecule has 0 aromatic carbocycles. The molecule has 0 saturated carbocycles. The summed E-state index contributed by atoms with van der Waals surface area (Å²) in [5, 5.41) is 0. The van der Waals surface area contributed by atoms with Crippen molar-refractivity contribution in [2.24, 2.45) is 0 Å². The highest BCUT2D eigenvalue weighted by atomic mass is 16.6. The van der Waals surface area contributed by atoms with Gasteiger partial charge in [-0.1, -0.05) is 46.6 Å². The summed E-state index contributed by atoms with van der Waals surface area (Å²) in [7, 11) is 0. The number of ether oxygens (including phenoxy) is 3. The minimum atomic E-state index is -0.0890. The zero-order chi connectivity index (χ0) is 32.9. The van der Waals surface area contributed by atoms with Crippen LogP contribution < -0.4 is 0 Å². The zero-order valence-corrected chi connectivity index (χ0v) is 29.3. The fourth-order valence-corrected chi connectivity index (χ4v) is 6.13. The highest BCUT2D eigenvalue weighted by molar-refractivity contribution is 5.66. The van der Waals surface area contributed by atoms with Crippen LogP contribution in [0.15, 0.2) is 69.9 Å². The molecular weight excluding hydrogens is 560 g/mol. The van der Waals surface area contributed by atoms with Gasteiger partial charge < -0.3 is 14.2 Å². The Hall–Kier alpha value is -2.34. The topological polar surface area (TPSA) is 61.8 Å². The molecule has 4 atom stereocenters. The van der Waals surface area contributed by atoms with Crippen molar-refractivity contribution in [1.82, 2.24) is 0 Å². The Morgan fingerprint density at radius 2 is 0.956 bits per heavy atom. The van der Waals surface area contributed by atoms with E-state index in [1.807, 2.05) is 13.8 Å². The van der Waals surface area contributed by atoms with Gasteiger partial charge in [0.05, 0.1) is 12.2 Å². The Kier molecular flexibility index (Phi) is 19.9. The summed E-state index contributed by atoms with van der Waals surface area (Å²) < 4.78 is 19.8. The first-order chi connectivity index (χ1) is 21.7. The van der Waals surface area contributed by atoms with Gasteiger partial charge in [-0.25, -0.2) is 0 Å². The van der Waals surface area contributed by atoms with Crippen molar-refractivity contribution >= 4 is 12.6 Å². The summed E-state index contributed by atoms with van der Waals surface area (Å²) in [6, 6.07) is 0. The van der Waals surface area contributed by atoms with E-state index in [1.54, 1.807) is 12.2 Å². The summed E-state index contributed by atoms with van der Waals surface area (Å²) in [5.74, 6) is 0. The van der Waals surface area contributed by atoms with E-state index in [2.05, 4.69) is 52.0 Å². The van der Waals surface area contributed by atoms with Crippen LogP contribution >= 0.6 is 0 Å². The molecule has 4 unspecified atom stereocenters. The molecule has 0 N–H and O–H groups in total. The minimum absolute atomic E-state index is 0.0695. The predicted octanol–water partition coefficient (Wildman–Crippen LogP) is 10.1. The Bertz CT molecular complexity index is 976. The number of carbonyl (C=O) groups excluding carboxylic acids is 2. The molecule has 0 amide bonds. The maximum atomic E-state index is 10.7. The Labute approximate surface area is 274 Å². The molecule has 0 bridgehead atoms. The number of hydrogen-bond donors (Lipinski definition) is 0. The average molecular weight is 623 g/mol. The molecule has 2 saturated heterocycles. The van der Waals surface area contributed by atoms with Crippen LogP contribution in [0, 0.1) is 0 Å². The largest absolute Gasteiger partial charge is 0.375 e. The Balaban J connectivity index is 2.12. The highest BCUT2D eigenvalue weighted by Crippen LogP contribution is 2.30. The number of allylic oxidation sites excluding steroid dienone is 10. The van der Waals surface area contributed by atoms with Crippen LogP contribution in [-0.2, 0) is 23.8 Å². The quantitative estimate of drug-likeness (QED) is 0.0768. The van der Waals surface area contributed by atoms with Crippen LogP contribution in [0.5, 0.6) is 0 Å². The number of rotatable bonds is 20. The second kappa shape index (κ2) is 23.1. The lowest BCUT2D eigenvalue weighted by Crippen LogP contribution is -2.43. The van der Waals surface area contributed by atoms with E-state index < -0.39 is 0 Å². The van der Waals surface area contributed by atoms with Crippen LogP contribution in [0.4, 0.5) is 0 Å². The lowest BCUT2D eigenvalue weighted by molar-refractivity contribution is -0.136. The van der Waals surface area contributed by atoms with Crippen molar-refractivity contribution in [2.45, 2.75) is 156 Å². The molecule has 2 heterocycles. The molecule has 252 valence electrons. The molecule has 0 aliphatic carbocycles. The predicted molar refractivity (Wildman–Crippen MR) is 187 cm³/mol. The number of carbonyl (C=O) groups is 2. The van der Waals surface area contributed by atoms with Gasteiger partial charge in [0.1, 0.15) is 24.8 Å². The molecule has 5 nitrogen and oxygen atoms in total. The van der Waals surface area contributed by atoms with Crippen LogP contribution in [0.3, 0.4) is 0 Å². The average Bonchev–Trinajstić information content (AvgIpc) is 3.02. The van der Waals surface area contributed by atoms with Crippen molar-refractivity contribution in [3.05, 3.63) is 69.9 Å². The first-order valence-corrected chi connectivity index (χ1v) is 17.5. The molecule has 45 heavy (non-hydrogen) atoms. The van der Waals surface area contributed by atoms with Gasteiger partial charge in [0, 0.05) is 13.2 Å². The maximum absolute atomic E-state index is 10.7. The molecule has 2 fully saturated rings. The second-order valence-corrected chi connectivity index (χ2v) is 13.2. The van der Waals surface area contributed by atoms with E-state index >= 15 is 0 Å². The second-order valence-electron chi connectivity index (χ2n) is 13.2. The fraction of sp³-hybridized carbons (Fsp3) is 0.650. The van der Waals surface area contributed by atoms with Crippen molar-refractivity contribution in [3.8, 4) is 0 Å². The van der Waals surface area contributed by atoms with E-state index in [0.717, 1.165) is 114 Å². The van der Waals surface area contributed by atoms with Crippen LogP contribution in [0.25, 0.3) is 0 Å². The summed E-state index contributed by atoms with van der Waals surface area (Å²) in [5.41, 5.74) is 7.53. The van der Waals surface area contributed by atoms with Crippen molar-refractivity contribution in [2.75, 3.05) is 13.2 Å². The molecule has 5 heteroatoms. The van der Waals surface area contributed by atoms with Crippen LogP contribution in [-0.4, -0.2) is 50.2 Å². The Morgan fingerprint density at radius 3 is 1.31 bits per heavy atom. The molecule has 2 aliphatic heterocycles. The smallest absolute Gasteiger partial charge is 0.142 e. The van der Waals surface area contributed by atoms with E-state index in [0.29, 0.717) is 0 Å². The first kappa shape index (κ1) is 38.8. The summed E-state index contributed by atoms with van der Waals surface area (Å²) in [4.78, 5) is 21.4. The molecule has 0 spiro atoms. The number of hydrogen-bond acceptors (Lipinski definition) is 5. The Morgan fingerprint density at radius 1 is 0.578 bits per heavy atom. The van der Waals surface area contributed by atoms with Gasteiger partial charge in [0.15, 0.2) is 0 Å². The maximum Gasteiger partial charge on any atom is 0.142 e. The molecule has 0 aromatic rings. The lowest BCUT2D eigenvalue weighted by atomic mass is 9.94. The third-order valence-electron chi connectivity index (χ3n) is 9.07. The molecule has 2 rings (SSSR count). The van der Waals surface area contributed by atoms with Crippen LogP contribution in [0.2, 0.25) is 0 Å². The van der Waals surface area contributed by atoms with Gasteiger partial charge in [0.2, 0.25) is 0 Å². The third kappa shape index (κ3) is 16.2. The van der Waals surface area contributed by atoms with Crippen molar-refractivity contribution in [1.29, 1.82) is 0 Å². The van der Waals surface area contributed by atoms with Crippen LogP contribution in [0.1, 0.15) is 131 Å². The van der Waals surface area contributed by atoms with E-state index in [9.17, 15) is 9.59 Å². The van der Waals surface area contributed by atoms with Gasteiger partial charge in [0.25, 0.3) is 0 Å². The summed E-state index contributed by atoms with van der Waals surface area (Å²) in [6.45, 7) is 14.5. The monoisotopic (exact) mass is 622 g/mol. The minimum Gasteiger partial charge on any atom is -0.375 e. The fourth-order valence-electron chi connectivity index (χ4n) is 6.13. The highest BCUT2D eigenvalue weighted by Gasteiger charge is 2.34. The zero-order valence-electron chi connectivity index (χ0n) is 29.3. The SMILES string of the molecule is CC(=CC=O)CCC=C(C)CCC=C(C)C(OC(C(C)=CCCC(C)=CCCC(C)=CC=O)C1CCCCO1)C1CCCCO1. The van der Waals surface area contributed by atoms with E-state index in [4.69, 9.17) is 14.2 Å². The normalized spacial score (nSPS) is 22.7. The number of aldehydes is 2. The first-order valence-electron chi connectivity index (χ1n) is 17.5. The van der Waals surface area contributed by atoms with Gasteiger partial charge >= 0.3 is 0 Å². The standard InChI is InChI=1S/C40H62O5/c1-31(15-11-17-33(3)25-27-41)19-13-21-35(5)39(37-23-7-9-29-43-37)45-40(38-24-8-10-30-44-38)36(6)22-14-20-32(2)16-12-18-34(4)26-28-42/h15-16,21-22,25-28,37-40H,7-14,17-20,23-24,29-30H2,1-6H3. The molecular formula is C40H62O5. The molecule has 2 aliphatic rings. The van der Waals surface area contributed by atoms with E-state index in [1.165, 1.54) is 35.1 Å². The van der Waals surface area contributed by atoms with Crippen molar-refractivity contribution < 1.29 is 23.8 Å². The van der Waals surface area contributed by atoms with E-state index in [-0.39, 0.29) is 24.4 Å². The van der Waals surface area contributed by atoms with Crippen molar-refractivity contribution in [3.63, 3.8) is 0 Å². The van der Waals surface area contributed by atoms with Gasteiger partial charge in [-0.15, -0.1) is 0 Å². The van der Waals surface area contributed by atoms with Gasteiger partial charge in [-0.2, -0.15) is 0 Å². The lowest BCUT2D eigenvalue weighted by Gasteiger charge is -2.38. The molecule has 0 aromatic heterocycles. The third-order valence-corrected chi connectivity index (χ3v) is 9.07. The van der Waals surface area contributed by atoms with Gasteiger partial charge in [-0.05, 0) is 155 Å². The van der Waals surface area contributed by atoms with Gasteiger partial charge in [-0.3, -0.25) is 9.59 Å².